The van der Waals surface area contributed by atoms with Crippen molar-refractivity contribution < 1.29 is 35.1 Å². The Balaban J connectivity index is 3.13. The molecule has 1 rings (SSSR count). The van der Waals surface area contributed by atoms with Crippen LogP contribution >= 0.6 is 15.9 Å². The summed E-state index contributed by atoms with van der Waals surface area (Å²) in [5.74, 6) is -3.63. The van der Waals surface area contributed by atoms with Crippen molar-refractivity contribution in [3.63, 3.8) is 0 Å². The van der Waals surface area contributed by atoms with Crippen molar-refractivity contribution in [2.24, 2.45) is 0 Å². The Morgan fingerprint density at radius 3 is 2.31 bits per heavy atom. The molecule has 1 unspecified atom stereocenters. The van der Waals surface area contributed by atoms with E-state index in [1.165, 1.54) is 0 Å². The molecule has 1 fully saturated rings. The van der Waals surface area contributed by atoms with Gasteiger partial charge in [-0.1, -0.05) is 0 Å². The Morgan fingerprint density at radius 1 is 1.44 bits per heavy atom. The zero-order chi connectivity index (χ0) is 12.7. The summed E-state index contributed by atoms with van der Waals surface area (Å²) in [5, 5.41) is 47.4. The van der Waals surface area contributed by atoms with Gasteiger partial charge in [0, 0.05) is 6.92 Å². The number of ketones is 1. The topological polar surface area (TPSA) is 127 Å². The van der Waals surface area contributed by atoms with Crippen LogP contribution in [0.1, 0.15) is 6.92 Å². The van der Waals surface area contributed by atoms with E-state index in [9.17, 15) is 25.2 Å². The third-order valence-electron chi connectivity index (χ3n) is 2.54. The summed E-state index contributed by atoms with van der Waals surface area (Å²) < 4.78 is 2.36. The summed E-state index contributed by atoms with van der Waals surface area (Å²) in [6.07, 6.45) is -5.19. The van der Waals surface area contributed by atoms with Crippen molar-refractivity contribution in [2.45, 2.75) is 35.5 Å². The van der Waals surface area contributed by atoms with E-state index in [4.69, 9.17) is 9.84 Å². The van der Waals surface area contributed by atoms with E-state index < -0.39 is 41.0 Å². The Labute approximate surface area is 99.4 Å². The summed E-state index contributed by atoms with van der Waals surface area (Å²) >= 11 is 2.60. The molecular formula is C8H13BrO7. The Hall–Kier alpha value is -0.0900. The first-order valence-electron chi connectivity index (χ1n) is 4.47. The molecule has 1 heterocycles. The predicted octanol–water partition coefficient (Wildman–Crippen LogP) is -2.54. The maximum absolute atomic E-state index is 11.2. The van der Waals surface area contributed by atoms with E-state index in [-0.39, 0.29) is 0 Å². The lowest BCUT2D eigenvalue weighted by atomic mass is 9.90. The van der Waals surface area contributed by atoms with Crippen LogP contribution in [-0.4, -0.2) is 66.5 Å². The van der Waals surface area contributed by atoms with Crippen molar-refractivity contribution in [3.8, 4) is 0 Å². The van der Waals surface area contributed by atoms with Gasteiger partial charge in [0.05, 0.1) is 6.61 Å². The smallest absolute Gasteiger partial charge is 0.257 e. The molecule has 5 atom stereocenters. The van der Waals surface area contributed by atoms with E-state index in [2.05, 4.69) is 15.9 Å². The molecule has 0 saturated carbocycles. The average molecular weight is 301 g/mol. The van der Waals surface area contributed by atoms with Gasteiger partial charge < -0.3 is 30.3 Å². The van der Waals surface area contributed by atoms with E-state index in [0.717, 1.165) is 6.92 Å². The fourth-order valence-electron chi connectivity index (χ4n) is 1.47. The summed E-state index contributed by atoms with van der Waals surface area (Å²) in [5.41, 5.74) is 0. The summed E-state index contributed by atoms with van der Waals surface area (Å²) in [6, 6.07) is 0. The zero-order valence-corrected chi connectivity index (χ0v) is 9.96. The SMILES string of the molecule is CC(=O)C1(O)O[C@H](CO)[C@H](O)[C@](O)(Br)[C@@H]1O. The number of alkyl halides is 1. The van der Waals surface area contributed by atoms with Crippen LogP contribution in [0.25, 0.3) is 0 Å². The minimum Gasteiger partial charge on any atom is -0.394 e. The second-order valence-corrected chi connectivity index (χ2v) is 4.94. The molecular weight excluding hydrogens is 288 g/mol. The third-order valence-corrected chi connectivity index (χ3v) is 3.44. The highest BCUT2D eigenvalue weighted by Crippen LogP contribution is 2.39. The van der Waals surface area contributed by atoms with Crippen LogP contribution < -0.4 is 0 Å². The first kappa shape index (κ1) is 14.0. The highest BCUT2D eigenvalue weighted by atomic mass is 79.9. The fourth-order valence-corrected chi connectivity index (χ4v) is 2.07. The number of rotatable bonds is 2. The van der Waals surface area contributed by atoms with Crippen LogP contribution in [0.2, 0.25) is 0 Å². The van der Waals surface area contributed by atoms with Gasteiger partial charge >= 0.3 is 0 Å². The molecule has 5 N–H and O–H groups in total. The summed E-state index contributed by atoms with van der Waals surface area (Å²) in [7, 11) is 0. The van der Waals surface area contributed by atoms with Crippen LogP contribution in [-0.2, 0) is 9.53 Å². The van der Waals surface area contributed by atoms with Crippen molar-refractivity contribution in [1.29, 1.82) is 0 Å². The first-order chi connectivity index (χ1) is 7.17. The quantitative estimate of drug-likeness (QED) is 0.356. The molecule has 7 nitrogen and oxygen atoms in total. The van der Waals surface area contributed by atoms with E-state index >= 15 is 0 Å². The molecule has 1 saturated heterocycles. The van der Waals surface area contributed by atoms with Gasteiger partial charge in [0.2, 0.25) is 0 Å². The van der Waals surface area contributed by atoms with Gasteiger partial charge in [-0.05, 0) is 15.9 Å². The van der Waals surface area contributed by atoms with Gasteiger partial charge in [-0.25, -0.2) is 0 Å². The standard InChI is InChI=1S/C8H13BrO7/c1-3(11)8(15)6(13)7(9,14)5(12)4(2-10)16-8/h4-6,10,12-15H,2H2,1H3/t4-,5+,6+,7-,8?/m1/s1. The van der Waals surface area contributed by atoms with Crippen LogP contribution in [0.15, 0.2) is 0 Å². The van der Waals surface area contributed by atoms with E-state index in [1.807, 2.05) is 0 Å². The summed E-state index contributed by atoms with van der Waals surface area (Å²) in [4.78, 5) is 11.2. The molecule has 1 aliphatic heterocycles. The van der Waals surface area contributed by atoms with Gasteiger partial charge in [-0.3, -0.25) is 4.79 Å². The van der Waals surface area contributed by atoms with E-state index in [1.54, 1.807) is 0 Å². The Kier molecular flexibility index (Phi) is 3.75. The maximum atomic E-state index is 11.2. The molecule has 1 aliphatic rings. The highest BCUT2D eigenvalue weighted by molar-refractivity contribution is 9.10. The van der Waals surface area contributed by atoms with Crippen molar-refractivity contribution in [2.75, 3.05) is 6.61 Å². The van der Waals surface area contributed by atoms with Crippen LogP contribution in [0, 0.1) is 0 Å². The van der Waals surface area contributed by atoms with Crippen LogP contribution in [0.4, 0.5) is 0 Å². The van der Waals surface area contributed by atoms with Crippen molar-refractivity contribution >= 4 is 21.7 Å². The maximum Gasteiger partial charge on any atom is 0.257 e. The molecule has 0 spiro atoms. The number of hydrogen-bond acceptors (Lipinski definition) is 7. The molecule has 0 aromatic carbocycles. The monoisotopic (exact) mass is 300 g/mol. The molecule has 0 bridgehead atoms. The van der Waals surface area contributed by atoms with Gasteiger partial charge in [-0.2, -0.15) is 0 Å². The normalized spacial score (nSPS) is 49.1. The van der Waals surface area contributed by atoms with E-state index in [0.29, 0.717) is 0 Å². The molecule has 94 valence electrons. The predicted molar refractivity (Wildman–Crippen MR) is 53.5 cm³/mol. The highest BCUT2D eigenvalue weighted by Gasteiger charge is 2.62. The van der Waals surface area contributed by atoms with Crippen molar-refractivity contribution in [3.05, 3.63) is 0 Å². The van der Waals surface area contributed by atoms with Crippen molar-refractivity contribution in [1.82, 2.24) is 0 Å². The molecule has 8 heteroatoms. The second kappa shape index (κ2) is 4.30. The fraction of sp³-hybridized carbons (Fsp3) is 0.875. The number of halogens is 1. The molecule has 0 amide bonds. The van der Waals surface area contributed by atoms with Gasteiger partial charge in [-0.15, -0.1) is 0 Å². The lowest BCUT2D eigenvalue weighted by Crippen LogP contribution is -2.71. The number of Topliss-reactive ketones (excluding diaryl/α,β-unsaturated/α-hetero) is 1. The summed E-state index contributed by atoms with van der Waals surface area (Å²) in [6.45, 7) is 0.204. The van der Waals surface area contributed by atoms with Crippen LogP contribution in [0.5, 0.6) is 0 Å². The van der Waals surface area contributed by atoms with Gasteiger partial charge in [0.15, 0.2) is 16.4 Å². The minimum absolute atomic E-state index is 0.739. The average Bonchev–Trinajstić information content (AvgIpc) is 2.21. The molecule has 0 aromatic rings. The van der Waals surface area contributed by atoms with Gasteiger partial charge in [0.25, 0.3) is 5.79 Å². The minimum atomic E-state index is -2.68. The number of hydrogen-bond donors (Lipinski definition) is 5. The lowest BCUT2D eigenvalue weighted by molar-refractivity contribution is -0.336. The Bertz CT molecular complexity index is 294. The zero-order valence-electron chi connectivity index (χ0n) is 8.37. The molecule has 0 aromatic heterocycles. The van der Waals surface area contributed by atoms with Gasteiger partial charge in [0.1, 0.15) is 12.2 Å². The first-order valence-corrected chi connectivity index (χ1v) is 5.26. The number of ether oxygens (including phenoxy) is 1. The molecule has 0 radical (unpaired) electrons. The second-order valence-electron chi connectivity index (χ2n) is 3.67. The third kappa shape index (κ3) is 1.90. The lowest BCUT2D eigenvalue weighted by Gasteiger charge is -2.48. The largest absolute Gasteiger partial charge is 0.394 e. The molecule has 16 heavy (non-hydrogen) atoms. The van der Waals surface area contributed by atoms with Crippen LogP contribution in [0.3, 0.4) is 0 Å². The number of aliphatic hydroxyl groups is 5. The number of aliphatic hydroxyl groups excluding tert-OH is 3. The molecule has 0 aliphatic carbocycles. The Morgan fingerprint density at radius 2 is 1.94 bits per heavy atom. The number of carbonyl (C=O) groups excluding carboxylic acids is 1. The number of carbonyl (C=O) groups is 1.